The van der Waals surface area contributed by atoms with E-state index >= 15 is 0 Å². The Bertz CT molecular complexity index is 1490. The first-order valence-corrected chi connectivity index (χ1v) is 11.9. The Morgan fingerprint density at radius 1 is 1.21 bits per heavy atom. The van der Waals surface area contributed by atoms with Crippen LogP contribution in [0.2, 0.25) is 5.02 Å². The fraction of sp³-hybridized carbons (Fsp3) is 0.182. The van der Waals surface area contributed by atoms with Crippen molar-refractivity contribution >= 4 is 55.4 Å². The molecule has 0 aliphatic rings. The number of halogens is 2. The van der Waals surface area contributed by atoms with Crippen LogP contribution in [-0.4, -0.2) is 26.9 Å². The molecular formula is C22H19BrClN5O3S. The Kier molecular flexibility index (Phi) is 6.68. The van der Waals surface area contributed by atoms with Crippen molar-refractivity contribution in [2.75, 3.05) is 12.4 Å². The minimum atomic E-state index is -0.511. The highest BCUT2D eigenvalue weighted by atomic mass is 79.9. The molecular weight excluding hydrogens is 530 g/mol. The summed E-state index contributed by atoms with van der Waals surface area (Å²) >= 11 is 10.6. The van der Waals surface area contributed by atoms with Gasteiger partial charge in [-0.3, -0.25) is 18.6 Å². The van der Waals surface area contributed by atoms with E-state index in [-0.39, 0.29) is 12.5 Å². The van der Waals surface area contributed by atoms with Crippen LogP contribution in [0, 0.1) is 6.92 Å². The van der Waals surface area contributed by atoms with Crippen LogP contribution in [0.25, 0.3) is 4.83 Å². The van der Waals surface area contributed by atoms with Gasteiger partial charge in [0.15, 0.2) is 0 Å². The summed E-state index contributed by atoms with van der Waals surface area (Å²) in [5.74, 6) is 0.370. The number of hydrogen-bond acceptors (Lipinski definition) is 6. The number of nitrogens with zero attached hydrogens (tertiary/aromatic N) is 3. The average Bonchev–Trinajstić information content (AvgIpc) is 3.27. The predicted molar refractivity (Wildman–Crippen MR) is 134 cm³/mol. The molecule has 0 unspecified atom stereocenters. The third kappa shape index (κ3) is 4.73. The number of pyridine rings is 1. The van der Waals surface area contributed by atoms with Crippen molar-refractivity contribution in [3.8, 4) is 0 Å². The van der Waals surface area contributed by atoms with E-state index in [2.05, 4.69) is 31.5 Å². The van der Waals surface area contributed by atoms with E-state index in [4.69, 9.17) is 11.6 Å². The third-order valence-electron chi connectivity index (χ3n) is 5.08. The molecule has 3 heterocycles. The fourth-order valence-corrected chi connectivity index (χ4v) is 4.77. The highest BCUT2D eigenvalue weighted by Gasteiger charge is 2.18. The van der Waals surface area contributed by atoms with Gasteiger partial charge in [-0.05, 0) is 58.2 Å². The maximum Gasteiger partial charge on any atom is 0.336 e. The van der Waals surface area contributed by atoms with Crippen molar-refractivity contribution in [2.24, 2.45) is 0 Å². The molecule has 33 heavy (non-hydrogen) atoms. The average molecular weight is 549 g/mol. The van der Waals surface area contributed by atoms with Crippen LogP contribution in [0.5, 0.6) is 0 Å². The van der Waals surface area contributed by atoms with Crippen LogP contribution >= 0.6 is 38.9 Å². The number of carbonyl (C=O) groups excluding carboxylic acids is 1. The van der Waals surface area contributed by atoms with E-state index in [0.29, 0.717) is 38.2 Å². The summed E-state index contributed by atoms with van der Waals surface area (Å²) in [6.07, 6.45) is 3.13. The zero-order valence-electron chi connectivity index (χ0n) is 17.7. The number of benzene rings is 1. The molecule has 4 rings (SSSR count). The molecule has 0 aliphatic heterocycles. The highest BCUT2D eigenvalue weighted by Crippen LogP contribution is 2.23. The van der Waals surface area contributed by atoms with Gasteiger partial charge in [-0.2, -0.15) is 0 Å². The topological polar surface area (TPSA) is 97.5 Å². The van der Waals surface area contributed by atoms with E-state index in [1.807, 2.05) is 12.1 Å². The van der Waals surface area contributed by atoms with Gasteiger partial charge < -0.3 is 10.6 Å². The second-order valence-electron chi connectivity index (χ2n) is 7.30. The van der Waals surface area contributed by atoms with Crippen molar-refractivity contribution in [3.05, 3.63) is 94.6 Å². The molecule has 8 nitrogen and oxygen atoms in total. The van der Waals surface area contributed by atoms with Gasteiger partial charge in [0, 0.05) is 36.0 Å². The SMILES string of the molecule is CNc1cc(CNC(=O)c2cn3c(=O)n(Cc4ccc(Br)c(Cl)c4)c(=O)c(C)c3s2)ccn1. The zero-order chi connectivity index (χ0) is 23.7. The van der Waals surface area contributed by atoms with E-state index in [9.17, 15) is 14.4 Å². The molecule has 0 saturated heterocycles. The van der Waals surface area contributed by atoms with Crippen molar-refractivity contribution in [3.63, 3.8) is 0 Å². The van der Waals surface area contributed by atoms with Crippen LogP contribution in [0.4, 0.5) is 5.82 Å². The van der Waals surface area contributed by atoms with E-state index in [1.54, 1.807) is 38.4 Å². The van der Waals surface area contributed by atoms with Crippen molar-refractivity contribution in [1.82, 2.24) is 19.3 Å². The Balaban J connectivity index is 1.64. The summed E-state index contributed by atoms with van der Waals surface area (Å²) in [6, 6.07) is 8.90. The molecule has 0 fully saturated rings. The van der Waals surface area contributed by atoms with Gasteiger partial charge in [-0.15, -0.1) is 11.3 Å². The predicted octanol–water partition coefficient (Wildman–Crippen LogP) is 3.66. The Morgan fingerprint density at radius 2 is 2.00 bits per heavy atom. The maximum atomic E-state index is 13.1. The Labute approximate surface area is 206 Å². The number of nitrogens with one attached hydrogen (secondary N) is 2. The lowest BCUT2D eigenvalue weighted by atomic mass is 10.2. The van der Waals surface area contributed by atoms with Crippen LogP contribution in [0.15, 0.2) is 56.8 Å². The van der Waals surface area contributed by atoms with Crippen molar-refractivity contribution in [2.45, 2.75) is 20.0 Å². The highest BCUT2D eigenvalue weighted by molar-refractivity contribution is 9.10. The molecule has 4 aromatic rings. The van der Waals surface area contributed by atoms with Gasteiger partial charge in [0.2, 0.25) is 0 Å². The molecule has 0 atom stereocenters. The first-order valence-electron chi connectivity index (χ1n) is 9.89. The zero-order valence-corrected chi connectivity index (χ0v) is 20.8. The molecule has 0 radical (unpaired) electrons. The van der Waals surface area contributed by atoms with Gasteiger partial charge in [0.25, 0.3) is 11.5 Å². The fourth-order valence-electron chi connectivity index (χ4n) is 3.32. The number of fused-ring (bicyclic) bond motifs is 1. The summed E-state index contributed by atoms with van der Waals surface area (Å²) in [5.41, 5.74) is 1.08. The summed E-state index contributed by atoms with van der Waals surface area (Å²) in [7, 11) is 1.77. The molecule has 0 aliphatic carbocycles. The smallest absolute Gasteiger partial charge is 0.336 e. The number of aryl methyl sites for hydroxylation is 1. The number of rotatable bonds is 6. The van der Waals surface area contributed by atoms with Gasteiger partial charge in [0.05, 0.1) is 11.6 Å². The molecule has 0 saturated carbocycles. The van der Waals surface area contributed by atoms with E-state index in [1.165, 1.54) is 10.6 Å². The summed E-state index contributed by atoms with van der Waals surface area (Å²) in [5, 5.41) is 6.28. The number of hydrogen-bond donors (Lipinski definition) is 2. The normalized spacial score (nSPS) is 11.0. The largest absolute Gasteiger partial charge is 0.373 e. The number of aromatic nitrogens is 3. The second kappa shape index (κ2) is 9.50. The lowest BCUT2D eigenvalue weighted by Gasteiger charge is -2.08. The molecule has 1 amide bonds. The van der Waals surface area contributed by atoms with Crippen molar-refractivity contribution in [1.29, 1.82) is 0 Å². The molecule has 11 heteroatoms. The van der Waals surface area contributed by atoms with E-state index in [0.717, 1.165) is 25.9 Å². The lowest BCUT2D eigenvalue weighted by Crippen LogP contribution is -2.38. The van der Waals surface area contributed by atoms with Crippen LogP contribution in [0.3, 0.4) is 0 Å². The van der Waals surface area contributed by atoms with Gasteiger partial charge in [0.1, 0.15) is 15.5 Å². The summed E-state index contributed by atoms with van der Waals surface area (Å²) in [4.78, 5) is 43.7. The molecule has 0 bridgehead atoms. The monoisotopic (exact) mass is 547 g/mol. The van der Waals surface area contributed by atoms with Gasteiger partial charge in [-0.1, -0.05) is 17.7 Å². The van der Waals surface area contributed by atoms with E-state index < -0.39 is 11.2 Å². The number of amides is 1. The minimum absolute atomic E-state index is 0.0711. The second-order valence-corrected chi connectivity index (χ2v) is 9.59. The minimum Gasteiger partial charge on any atom is -0.373 e. The van der Waals surface area contributed by atoms with Crippen molar-refractivity contribution < 1.29 is 4.79 Å². The first kappa shape index (κ1) is 23.2. The first-order chi connectivity index (χ1) is 15.8. The van der Waals surface area contributed by atoms with Gasteiger partial charge in [-0.25, -0.2) is 9.78 Å². The summed E-state index contributed by atoms with van der Waals surface area (Å²) in [6.45, 7) is 2.02. The van der Waals surface area contributed by atoms with Crippen LogP contribution < -0.4 is 21.9 Å². The number of thiazole rings is 1. The third-order valence-corrected chi connectivity index (χ3v) is 7.52. The Hall–Kier alpha value is -2.95. The molecule has 3 aromatic heterocycles. The summed E-state index contributed by atoms with van der Waals surface area (Å²) < 4.78 is 3.22. The quantitative estimate of drug-likeness (QED) is 0.383. The Morgan fingerprint density at radius 3 is 2.73 bits per heavy atom. The van der Waals surface area contributed by atoms with Gasteiger partial charge >= 0.3 is 5.69 Å². The standard InChI is InChI=1S/C22H19BrClN5O3S/c1-12-20(31)28(10-14-3-4-15(23)16(24)7-14)22(32)29-11-17(33-21(12)29)19(30)27-9-13-5-6-26-18(8-13)25-2/h3-8,11H,9-10H2,1-2H3,(H,25,26)(H,27,30). The maximum absolute atomic E-state index is 13.1. The molecule has 170 valence electrons. The molecule has 0 spiro atoms. The van der Waals surface area contributed by atoms with Crippen LogP contribution in [-0.2, 0) is 13.1 Å². The molecule has 2 N–H and O–H groups in total. The number of carbonyl (C=O) groups is 1. The molecule has 1 aromatic carbocycles. The van der Waals surface area contributed by atoms with Crippen LogP contribution in [0.1, 0.15) is 26.4 Å². The number of anilines is 1. The lowest BCUT2D eigenvalue weighted by molar-refractivity contribution is 0.0954.